The lowest BCUT2D eigenvalue weighted by Crippen LogP contribution is -2.43. The van der Waals surface area contributed by atoms with Crippen molar-refractivity contribution in [3.05, 3.63) is 35.4 Å². The van der Waals surface area contributed by atoms with Crippen LogP contribution in [-0.2, 0) is 21.7 Å². The maximum atomic E-state index is 6.21. The lowest BCUT2D eigenvalue weighted by Gasteiger charge is -2.41. The monoisotopic (exact) mass is 345 g/mol. The van der Waals surface area contributed by atoms with Crippen LogP contribution in [0.4, 0.5) is 0 Å². The van der Waals surface area contributed by atoms with Gasteiger partial charge in [-0.3, -0.25) is 0 Å². The normalized spacial score (nSPS) is 25.3. The van der Waals surface area contributed by atoms with E-state index in [1.54, 1.807) is 0 Å². The van der Waals surface area contributed by atoms with Gasteiger partial charge in [-0.2, -0.15) is 0 Å². The second kappa shape index (κ2) is 7.38. The van der Waals surface area contributed by atoms with Gasteiger partial charge in [0, 0.05) is 11.0 Å². The molecule has 1 aromatic carbocycles. The lowest BCUT2D eigenvalue weighted by atomic mass is 9.75. The van der Waals surface area contributed by atoms with Crippen LogP contribution in [0.25, 0.3) is 0 Å². The number of hydrogen-bond acceptors (Lipinski definition) is 3. The van der Waals surface area contributed by atoms with Gasteiger partial charge in [0.1, 0.15) is 0 Å². The Labute approximate surface area is 153 Å². The fraction of sp³-hybridized carbons (Fsp3) is 0.727. The van der Waals surface area contributed by atoms with E-state index < -0.39 is 5.79 Å². The SMILES string of the molecule is CC1(C)COC(C)(c2ccc(CC3(CN)CCCCCC3)cc2)OC1. The number of benzene rings is 1. The molecule has 3 rings (SSSR count). The van der Waals surface area contributed by atoms with Crippen molar-refractivity contribution in [2.24, 2.45) is 16.6 Å². The molecule has 1 aliphatic heterocycles. The molecule has 1 saturated carbocycles. The largest absolute Gasteiger partial charge is 0.345 e. The predicted octanol–water partition coefficient (Wildman–Crippen LogP) is 4.77. The summed E-state index contributed by atoms with van der Waals surface area (Å²) in [5, 5.41) is 0. The van der Waals surface area contributed by atoms with Gasteiger partial charge in [-0.25, -0.2) is 0 Å². The summed E-state index contributed by atoms with van der Waals surface area (Å²) in [6.07, 6.45) is 9.01. The molecule has 0 unspecified atom stereocenters. The summed E-state index contributed by atoms with van der Waals surface area (Å²) in [7, 11) is 0. The number of hydrogen-bond donors (Lipinski definition) is 1. The quantitative estimate of drug-likeness (QED) is 0.799. The molecular weight excluding hydrogens is 310 g/mol. The lowest BCUT2D eigenvalue weighted by molar-refractivity contribution is -0.298. The molecule has 140 valence electrons. The molecule has 2 fully saturated rings. The molecule has 0 spiro atoms. The van der Waals surface area contributed by atoms with Gasteiger partial charge < -0.3 is 15.2 Å². The Morgan fingerprint density at radius 3 is 1.96 bits per heavy atom. The van der Waals surface area contributed by atoms with Gasteiger partial charge in [0.2, 0.25) is 0 Å². The minimum absolute atomic E-state index is 0.0897. The van der Waals surface area contributed by atoms with E-state index in [-0.39, 0.29) is 5.41 Å². The van der Waals surface area contributed by atoms with Gasteiger partial charge in [-0.15, -0.1) is 0 Å². The molecule has 1 aromatic rings. The standard InChI is InChI=1S/C22H35NO2/c1-20(2)16-24-21(3,25-17-20)19-10-8-18(9-11-19)14-22(15-23)12-6-4-5-7-13-22/h8-11H,4-7,12-17,23H2,1-3H3. The van der Waals surface area contributed by atoms with Crippen LogP contribution in [0, 0.1) is 10.8 Å². The van der Waals surface area contributed by atoms with Crippen molar-refractivity contribution in [3.63, 3.8) is 0 Å². The second-order valence-electron chi connectivity index (χ2n) is 9.18. The van der Waals surface area contributed by atoms with E-state index in [1.165, 1.54) is 44.1 Å². The van der Waals surface area contributed by atoms with Crippen molar-refractivity contribution in [1.82, 2.24) is 0 Å². The Kier molecular flexibility index (Phi) is 5.57. The summed E-state index contributed by atoms with van der Waals surface area (Å²) in [5.74, 6) is -0.623. The third kappa shape index (κ3) is 4.45. The van der Waals surface area contributed by atoms with Crippen LogP contribution in [0.15, 0.2) is 24.3 Å². The smallest absolute Gasteiger partial charge is 0.191 e. The molecule has 0 bridgehead atoms. The second-order valence-corrected chi connectivity index (χ2v) is 9.18. The zero-order chi connectivity index (χ0) is 18.0. The van der Waals surface area contributed by atoms with Crippen LogP contribution in [0.3, 0.4) is 0 Å². The van der Waals surface area contributed by atoms with Crippen molar-refractivity contribution in [1.29, 1.82) is 0 Å². The van der Waals surface area contributed by atoms with Gasteiger partial charge in [0.15, 0.2) is 5.79 Å². The average molecular weight is 346 g/mol. The highest BCUT2D eigenvalue weighted by atomic mass is 16.7. The molecule has 0 aromatic heterocycles. The molecule has 2 N–H and O–H groups in total. The summed E-state index contributed by atoms with van der Waals surface area (Å²) in [6.45, 7) is 8.63. The van der Waals surface area contributed by atoms with E-state index in [0.29, 0.717) is 5.41 Å². The molecule has 0 radical (unpaired) electrons. The fourth-order valence-corrected chi connectivity index (χ4v) is 4.21. The molecule has 0 amide bonds. The van der Waals surface area contributed by atoms with Crippen LogP contribution in [0.1, 0.15) is 70.4 Å². The van der Waals surface area contributed by atoms with E-state index in [2.05, 4.69) is 38.1 Å². The Morgan fingerprint density at radius 2 is 1.44 bits per heavy atom. The van der Waals surface area contributed by atoms with E-state index in [9.17, 15) is 0 Å². The summed E-state index contributed by atoms with van der Waals surface area (Å²) >= 11 is 0. The van der Waals surface area contributed by atoms with Gasteiger partial charge in [-0.1, -0.05) is 63.8 Å². The first-order valence-electron chi connectivity index (χ1n) is 9.94. The highest BCUT2D eigenvalue weighted by Gasteiger charge is 2.38. The topological polar surface area (TPSA) is 44.5 Å². The van der Waals surface area contributed by atoms with Crippen molar-refractivity contribution >= 4 is 0 Å². The first kappa shape index (κ1) is 18.9. The Balaban J connectivity index is 1.69. The highest BCUT2D eigenvalue weighted by molar-refractivity contribution is 5.27. The van der Waals surface area contributed by atoms with Crippen LogP contribution < -0.4 is 5.73 Å². The first-order valence-corrected chi connectivity index (χ1v) is 9.94. The number of ether oxygens (including phenoxy) is 2. The van der Waals surface area contributed by atoms with E-state index in [0.717, 1.165) is 31.7 Å². The third-order valence-electron chi connectivity index (χ3n) is 6.13. The summed E-state index contributed by atoms with van der Waals surface area (Å²) in [5.41, 5.74) is 9.08. The Hall–Kier alpha value is -0.900. The molecule has 3 heteroatoms. The summed E-state index contributed by atoms with van der Waals surface area (Å²) in [6, 6.07) is 8.84. The fourth-order valence-electron chi connectivity index (χ4n) is 4.21. The average Bonchev–Trinajstić information content (AvgIpc) is 2.85. The van der Waals surface area contributed by atoms with E-state index >= 15 is 0 Å². The Bertz CT molecular complexity index is 546. The van der Waals surface area contributed by atoms with Crippen LogP contribution >= 0.6 is 0 Å². The van der Waals surface area contributed by atoms with Gasteiger partial charge in [0.05, 0.1) is 13.2 Å². The molecule has 1 aliphatic carbocycles. The minimum atomic E-state index is -0.623. The van der Waals surface area contributed by atoms with Crippen LogP contribution in [0.5, 0.6) is 0 Å². The van der Waals surface area contributed by atoms with Crippen molar-refractivity contribution in [3.8, 4) is 0 Å². The van der Waals surface area contributed by atoms with Gasteiger partial charge in [-0.05, 0) is 43.7 Å². The molecule has 0 atom stereocenters. The highest BCUT2D eigenvalue weighted by Crippen LogP contribution is 2.39. The molecule has 3 nitrogen and oxygen atoms in total. The van der Waals surface area contributed by atoms with Crippen molar-refractivity contribution in [2.45, 2.75) is 71.5 Å². The van der Waals surface area contributed by atoms with E-state index in [4.69, 9.17) is 15.2 Å². The summed E-state index contributed by atoms with van der Waals surface area (Å²) in [4.78, 5) is 0. The maximum Gasteiger partial charge on any atom is 0.191 e. The van der Waals surface area contributed by atoms with Crippen LogP contribution in [0.2, 0.25) is 0 Å². The number of rotatable bonds is 4. The summed E-state index contributed by atoms with van der Waals surface area (Å²) < 4.78 is 12.1. The van der Waals surface area contributed by atoms with Gasteiger partial charge in [0.25, 0.3) is 0 Å². The Morgan fingerprint density at radius 1 is 0.880 bits per heavy atom. The maximum absolute atomic E-state index is 6.21. The predicted molar refractivity (Wildman–Crippen MR) is 102 cm³/mol. The first-order chi connectivity index (χ1) is 11.9. The van der Waals surface area contributed by atoms with Crippen molar-refractivity contribution < 1.29 is 9.47 Å². The molecule has 1 heterocycles. The number of nitrogens with two attached hydrogens (primary N) is 1. The third-order valence-corrected chi connectivity index (χ3v) is 6.13. The zero-order valence-electron chi connectivity index (χ0n) is 16.3. The molecule has 25 heavy (non-hydrogen) atoms. The molecule has 2 aliphatic rings. The van der Waals surface area contributed by atoms with E-state index in [1.807, 2.05) is 6.92 Å². The van der Waals surface area contributed by atoms with Crippen molar-refractivity contribution in [2.75, 3.05) is 19.8 Å². The molecule has 1 saturated heterocycles. The molecular formula is C22H35NO2. The zero-order valence-corrected chi connectivity index (χ0v) is 16.3. The minimum Gasteiger partial charge on any atom is -0.345 e. The van der Waals surface area contributed by atoms with Gasteiger partial charge >= 0.3 is 0 Å². The van der Waals surface area contributed by atoms with Crippen LogP contribution in [-0.4, -0.2) is 19.8 Å².